The number of hydrogen-bond acceptors (Lipinski definition) is 3. The fraction of sp³-hybridized carbons (Fsp3) is 0.824. The van der Waals surface area contributed by atoms with Crippen LogP contribution >= 0.6 is 0 Å². The van der Waals surface area contributed by atoms with Gasteiger partial charge in [0.2, 0.25) is 0 Å². The first-order chi connectivity index (χ1) is 9.95. The summed E-state index contributed by atoms with van der Waals surface area (Å²) in [6.07, 6.45) is 5.47. The summed E-state index contributed by atoms with van der Waals surface area (Å²) < 4.78 is 2.01. The van der Waals surface area contributed by atoms with Crippen molar-refractivity contribution in [2.24, 2.45) is 0 Å². The fourth-order valence-corrected chi connectivity index (χ4v) is 3.34. The molecular weight excluding hydrogens is 262 g/mol. The first kappa shape index (κ1) is 16.5. The minimum Gasteiger partial charge on any atom is -0.391 e. The highest BCUT2D eigenvalue weighted by Gasteiger charge is 2.35. The normalized spacial score (nSPS) is 19.5. The van der Waals surface area contributed by atoms with Gasteiger partial charge in [-0.2, -0.15) is 5.10 Å². The van der Waals surface area contributed by atoms with Crippen molar-refractivity contribution in [2.45, 2.75) is 78.0 Å². The molecular formula is C17H31N3O. The number of aromatic nitrogens is 2. The molecule has 1 unspecified atom stereocenters. The molecule has 0 amide bonds. The maximum atomic E-state index is 10.8. The first-order valence-corrected chi connectivity index (χ1v) is 8.41. The highest BCUT2D eigenvalue weighted by atomic mass is 16.3. The number of nitrogens with zero attached hydrogens (tertiary/aromatic N) is 3. The lowest BCUT2D eigenvalue weighted by Crippen LogP contribution is -2.53. The molecule has 0 aromatic carbocycles. The molecule has 0 radical (unpaired) electrons. The average Bonchev–Trinajstić information content (AvgIpc) is 2.67. The van der Waals surface area contributed by atoms with Crippen LogP contribution in [0.5, 0.6) is 0 Å². The van der Waals surface area contributed by atoms with Crippen LogP contribution in [0.1, 0.15) is 57.8 Å². The Balaban J connectivity index is 2.07. The summed E-state index contributed by atoms with van der Waals surface area (Å²) in [7, 11) is 0. The van der Waals surface area contributed by atoms with E-state index in [-0.39, 0.29) is 11.6 Å². The third-order valence-corrected chi connectivity index (χ3v) is 4.92. The lowest BCUT2D eigenvalue weighted by molar-refractivity contribution is -0.00882. The van der Waals surface area contributed by atoms with Crippen LogP contribution in [0.15, 0.2) is 6.07 Å². The Kier molecular flexibility index (Phi) is 5.44. The monoisotopic (exact) mass is 293 g/mol. The van der Waals surface area contributed by atoms with Gasteiger partial charge in [0.1, 0.15) is 0 Å². The standard InChI is InChI=1S/C17H31N3O/c1-5-20-15(12-14(2)18-20)13-16(21)17(3,4)19-10-8-6-7-9-11-19/h12,16,21H,5-11,13H2,1-4H3. The fourth-order valence-electron chi connectivity index (χ4n) is 3.34. The van der Waals surface area contributed by atoms with E-state index in [1.54, 1.807) is 0 Å². The van der Waals surface area contributed by atoms with Crippen molar-refractivity contribution < 1.29 is 5.11 Å². The third-order valence-electron chi connectivity index (χ3n) is 4.92. The number of aliphatic hydroxyl groups excluding tert-OH is 1. The molecule has 4 heteroatoms. The Morgan fingerprint density at radius 3 is 2.43 bits per heavy atom. The minimum atomic E-state index is -0.364. The summed E-state index contributed by atoms with van der Waals surface area (Å²) in [6, 6.07) is 2.10. The molecule has 0 aliphatic carbocycles. The number of likely N-dealkylation sites (tertiary alicyclic amines) is 1. The van der Waals surface area contributed by atoms with Crippen molar-refractivity contribution in [1.82, 2.24) is 14.7 Å². The molecule has 2 heterocycles. The van der Waals surface area contributed by atoms with Gasteiger partial charge in [0.05, 0.1) is 11.8 Å². The van der Waals surface area contributed by atoms with Gasteiger partial charge in [-0.15, -0.1) is 0 Å². The Bertz CT molecular complexity index is 445. The molecule has 1 aliphatic rings. The lowest BCUT2D eigenvalue weighted by Gasteiger charge is -2.41. The molecule has 1 aliphatic heterocycles. The molecule has 1 aromatic heterocycles. The van der Waals surface area contributed by atoms with E-state index in [0.717, 1.165) is 31.0 Å². The maximum Gasteiger partial charge on any atom is 0.0773 e. The van der Waals surface area contributed by atoms with E-state index in [1.165, 1.54) is 25.7 Å². The Morgan fingerprint density at radius 1 is 1.24 bits per heavy atom. The zero-order valence-electron chi connectivity index (χ0n) is 14.1. The molecule has 4 nitrogen and oxygen atoms in total. The number of hydrogen-bond donors (Lipinski definition) is 1. The SMILES string of the molecule is CCn1nc(C)cc1CC(O)C(C)(C)N1CCCCCC1. The van der Waals surface area contributed by atoms with Gasteiger partial charge in [0.15, 0.2) is 0 Å². The molecule has 1 fully saturated rings. The molecule has 0 spiro atoms. The van der Waals surface area contributed by atoms with Crippen LogP contribution in [0.25, 0.3) is 0 Å². The molecule has 1 N–H and O–H groups in total. The Labute approximate surface area is 129 Å². The van der Waals surface area contributed by atoms with E-state index < -0.39 is 0 Å². The van der Waals surface area contributed by atoms with Crippen LogP contribution in [0, 0.1) is 6.92 Å². The highest BCUT2D eigenvalue weighted by molar-refractivity contribution is 5.11. The van der Waals surface area contributed by atoms with E-state index in [0.29, 0.717) is 6.42 Å². The van der Waals surface area contributed by atoms with E-state index in [2.05, 4.69) is 36.8 Å². The number of rotatable bonds is 5. The van der Waals surface area contributed by atoms with Gasteiger partial charge in [-0.1, -0.05) is 12.8 Å². The molecule has 1 saturated heterocycles. The Morgan fingerprint density at radius 2 is 1.86 bits per heavy atom. The van der Waals surface area contributed by atoms with E-state index >= 15 is 0 Å². The van der Waals surface area contributed by atoms with Gasteiger partial charge >= 0.3 is 0 Å². The van der Waals surface area contributed by atoms with Crippen LogP contribution in [0.3, 0.4) is 0 Å². The van der Waals surface area contributed by atoms with E-state index in [1.807, 2.05) is 11.6 Å². The van der Waals surface area contributed by atoms with Gasteiger partial charge in [0, 0.05) is 24.2 Å². The van der Waals surface area contributed by atoms with E-state index in [4.69, 9.17) is 0 Å². The molecule has 2 rings (SSSR count). The highest BCUT2D eigenvalue weighted by Crippen LogP contribution is 2.25. The number of aryl methyl sites for hydroxylation is 2. The molecule has 1 atom stereocenters. The van der Waals surface area contributed by atoms with Gasteiger partial charge < -0.3 is 5.11 Å². The van der Waals surface area contributed by atoms with Crippen LogP contribution in [-0.2, 0) is 13.0 Å². The number of aliphatic hydroxyl groups is 1. The van der Waals surface area contributed by atoms with Crippen molar-refractivity contribution in [3.8, 4) is 0 Å². The smallest absolute Gasteiger partial charge is 0.0773 e. The van der Waals surface area contributed by atoms with Crippen LogP contribution < -0.4 is 0 Å². The second-order valence-electron chi connectivity index (χ2n) is 6.87. The summed E-state index contributed by atoms with van der Waals surface area (Å²) in [5.74, 6) is 0. The topological polar surface area (TPSA) is 41.3 Å². The van der Waals surface area contributed by atoms with Gasteiger partial charge in [-0.05, 0) is 59.7 Å². The summed E-state index contributed by atoms with van der Waals surface area (Å²) in [6.45, 7) is 11.6. The van der Waals surface area contributed by atoms with Gasteiger partial charge in [-0.3, -0.25) is 9.58 Å². The van der Waals surface area contributed by atoms with Gasteiger partial charge in [0.25, 0.3) is 0 Å². The van der Waals surface area contributed by atoms with Crippen LogP contribution in [0.4, 0.5) is 0 Å². The Hall–Kier alpha value is -0.870. The zero-order valence-corrected chi connectivity index (χ0v) is 14.1. The predicted octanol–water partition coefficient (Wildman–Crippen LogP) is 2.77. The first-order valence-electron chi connectivity index (χ1n) is 8.41. The lowest BCUT2D eigenvalue weighted by atomic mass is 9.91. The summed E-state index contributed by atoms with van der Waals surface area (Å²) in [4.78, 5) is 2.48. The summed E-state index contributed by atoms with van der Waals surface area (Å²) >= 11 is 0. The summed E-state index contributed by atoms with van der Waals surface area (Å²) in [5, 5.41) is 15.3. The maximum absolute atomic E-state index is 10.8. The minimum absolute atomic E-state index is 0.179. The largest absolute Gasteiger partial charge is 0.391 e. The van der Waals surface area contributed by atoms with Crippen molar-refractivity contribution >= 4 is 0 Å². The molecule has 120 valence electrons. The molecule has 21 heavy (non-hydrogen) atoms. The zero-order chi connectivity index (χ0) is 15.5. The van der Waals surface area contributed by atoms with E-state index in [9.17, 15) is 5.11 Å². The molecule has 1 aromatic rings. The second kappa shape index (κ2) is 6.93. The predicted molar refractivity (Wildman–Crippen MR) is 86.5 cm³/mol. The van der Waals surface area contributed by atoms with Crippen molar-refractivity contribution in [2.75, 3.05) is 13.1 Å². The second-order valence-corrected chi connectivity index (χ2v) is 6.87. The van der Waals surface area contributed by atoms with Crippen molar-refractivity contribution in [1.29, 1.82) is 0 Å². The average molecular weight is 293 g/mol. The third kappa shape index (κ3) is 3.86. The van der Waals surface area contributed by atoms with Crippen LogP contribution in [-0.4, -0.2) is 44.5 Å². The summed E-state index contributed by atoms with van der Waals surface area (Å²) in [5.41, 5.74) is 2.00. The van der Waals surface area contributed by atoms with Crippen molar-refractivity contribution in [3.05, 3.63) is 17.5 Å². The molecule has 0 saturated carbocycles. The molecule has 0 bridgehead atoms. The van der Waals surface area contributed by atoms with Crippen molar-refractivity contribution in [3.63, 3.8) is 0 Å². The van der Waals surface area contributed by atoms with Gasteiger partial charge in [-0.25, -0.2) is 0 Å². The van der Waals surface area contributed by atoms with Crippen LogP contribution in [0.2, 0.25) is 0 Å². The quantitative estimate of drug-likeness (QED) is 0.907.